The second kappa shape index (κ2) is 6.89. The Morgan fingerprint density at radius 3 is 2.44 bits per heavy atom. The van der Waals surface area contributed by atoms with Crippen LogP contribution in [0.1, 0.15) is 50.5 Å². The number of hydrogen-bond donors (Lipinski definition) is 1. The summed E-state index contributed by atoms with van der Waals surface area (Å²) in [5.41, 5.74) is 6.95. The van der Waals surface area contributed by atoms with Crippen LogP contribution in [0.2, 0.25) is 0 Å². The van der Waals surface area contributed by atoms with Gasteiger partial charge in [-0.3, -0.25) is 0 Å². The van der Waals surface area contributed by atoms with Crippen molar-refractivity contribution in [3.63, 3.8) is 0 Å². The first-order chi connectivity index (χ1) is 8.75. The molecule has 1 saturated carbocycles. The largest absolute Gasteiger partial charge is 0.327 e. The maximum Gasteiger partial charge on any atom is 0.126 e. The van der Waals surface area contributed by atoms with Gasteiger partial charge in [-0.05, 0) is 30.4 Å². The monoisotopic (exact) mass is 249 g/mol. The molecule has 0 saturated heterocycles. The van der Waals surface area contributed by atoms with Gasteiger partial charge in [-0.2, -0.15) is 0 Å². The van der Waals surface area contributed by atoms with E-state index in [2.05, 4.69) is 0 Å². The first-order valence-electron chi connectivity index (χ1n) is 7.24. The van der Waals surface area contributed by atoms with Crippen LogP contribution in [0.3, 0.4) is 0 Å². The Morgan fingerprint density at radius 1 is 1.11 bits per heavy atom. The predicted octanol–water partition coefficient (Wildman–Crippen LogP) is 4.06. The lowest BCUT2D eigenvalue weighted by Crippen LogP contribution is -2.26. The lowest BCUT2D eigenvalue weighted by molar-refractivity contribution is 0.385. The molecule has 0 aromatic heterocycles. The Bertz CT molecular complexity index is 356. The lowest BCUT2D eigenvalue weighted by Gasteiger charge is -2.19. The Hall–Kier alpha value is -0.890. The van der Waals surface area contributed by atoms with Crippen molar-refractivity contribution in [2.45, 2.75) is 57.4 Å². The lowest BCUT2D eigenvalue weighted by atomic mass is 9.90. The summed E-state index contributed by atoms with van der Waals surface area (Å²) < 4.78 is 13.5. The smallest absolute Gasteiger partial charge is 0.126 e. The Labute approximate surface area is 110 Å². The fourth-order valence-electron chi connectivity index (χ4n) is 3.06. The standard InChI is InChI=1S/C16H24FN/c17-16-10-6-5-9-14(16)12-15(18)11-13-7-3-1-2-4-8-13/h5-6,9-10,13,15H,1-4,7-8,11-12,18H2. The van der Waals surface area contributed by atoms with Gasteiger partial charge in [-0.15, -0.1) is 0 Å². The van der Waals surface area contributed by atoms with Gasteiger partial charge in [0.1, 0.15) is 5.82 Å². The summed E-state index contributed by atoms with van der Waals surface area (Å²) in [7, 11) is 0. The van der Waals surface area contributed by atoms with Crippen LogP contribution < -0.4 is 5.73 Å². The zero-order valence-electron chi connectivity index (χ0n) is 11.1. The Balaban J connectivity index is 1.84. The molecular weight excluding hydrogens is 225 g/mol. The van der Waals surface area contributed by atoms with E-state index in [9.17, 15) is 4.39 Å². The second-order valence-corrected chi connectivity index (χ2v) is 5.65. The summed E-state index contributed by atoms with van der Waals surface area (Å²) in [6.07, 6.45) is 9.78. The molecule has 1 unspecified atom stereocenters. The van der Waals surface area contributed by atoms with Gasteiger partial charge >= 0.3 is 0 Å². The summed E-state index contributed by atoms with van der Waals surface area (Å²) in [5, 5.41) is 0. The highest BCUT2D eigenvalue weighted by atomic mass is 19.1. The molecule has 1 aliphatic rings. The number of hydrogen-bond acceptors (Lipinski definition) is 1. The Morgan fingerprint density at radius 2 is 1.78 bits per heavy atom. The summed E-state index contributed by atoms with van der Waals surface area (Å²) in [5.74, 6) is 0.642. The molecule has 0 bridgehead atoms. The van der Waals surface area contributed by atoms with Crippen molar-refractivity contribution in [2.75, 3.05) is 0 Å². The number of benzene rings is 1. The molecule has 0 amide bonds. The molecule has 0 aliphatic heterocycles. The van der Waals surface area contributed by atoms with Crippen LogP contribution >= 0.6 is 0 Å². The van der Waals surface area contributed by atoms with Crippen molar-refractivity contribution < 1.29 is 4.39 Å². The van der Waals surface area contributed by atoms with Gasteiger partial charge < -0.3 is 5.73 Å². The van der Waals surface area contributed by atoms with Crippen molar-refractivity contribution in [2.24, 2.45) is 11.7 Å². The number of nitrogens with two attached hydrogens (primary N) is 1. The molecule has 2 rings (SSSR count). The highest BCUT2D eigenvalue weighted by molar-refractivity contribution is 5.18. The van der Waals surface area contributed by atoms with Crippen molar-refractivity contribution >= 4 is 0 Å². The SMILES string of the molecule is NC(Cc1ccccc1F)CC1CCCCCC1. The maximum absolute atomic E-state index is 13.5. The molecule has 2 N–H and O–H groups in total. The molecule has 100 valence electrons. The normalized spacial score (nSPS) is 19.4. The third kappa shape index (κ3) is 4.09. The van der Waals surface area contributed by atoms with Crippen LogP contribution in [0.5, 0.6) is 0 Å². The van der Waals surface area contributed by atoms with Gasteiger partial charge in [-0.1, -0.05) is 56.7 Å². The third-order valence-electron chi connectivity index (χ3n) is 4.05. The van der Waals surface area contributed by atoms with E-state index in [1.54, 1.807) is 6.07 Å². The summed E-state index contributed by atoms with van der Waals surface area (Å²) in [6.45, 7) is 0. The molecule has 1 aromatic rings. The quantitative estimate of drug-likeness (QED) is 0.800. The first-order valence-corrected chi connectivity index (χ1v) is 7.24. The van der Waals surface area contributed by atoms with Crippen LogP contribution in [-0.4, -0.2) is 6.04 Å². The highest BCUT2D eigenvalue weighted by Crippen LogP contribution is 2.26. The predicted molar refractivity (Wildman–Crippen MR) is 73.9 cm³/mol. The average Bonchev–Trinajstić information content (AvgIpc) is 2.61. The van der Waals surface area contributed by atoms with Crippen LogP contribution in [0.25, 0.3) is 0 Å². The molecule has 1 aromatic carbocycles. The molecule has 2 heteroatoms. The fraction of sp³-hybridized carbons (Fsp3) is 0.625. The number of rotatable bonds is 4. The van der Waals surface area contributed by atoms with Crippen molar-refractivity contribution in [3.05, 3.63) is 35.6 Å². The van der Waals surface area contributed by atoms with Gasteiger partial charge in [0.2, 0.25) is 0 Å². The van der Waals surface area contributed by atoms with E-state index in [1.165, 1.54) is 44.6 Å². The summed E-state index contributed by atoms with van der Waals surface area (Å²) in [6, 6.07) is 7.09. The van der Waals surface area contributed by atoms with Crippen molar-refractivity contribution in [1.82, 2.24) is 0 Å². The molecule has 1 aliphatic carbocycles. The van der Waals surface area contributed by atoms with Gasteiger partial charge in [0.25, 0.3) is 0 Å². The van der Waals surface area contributed by atoms with Crippen LogP contribution in [0, 0.1) is 11.7 Å². The van der Waals surface area contributed by atoms with E-state index >= 15 is 0 Å². The molecule has 0 spiro atoms. The van der Waals surface area contributed by atoms with E-state index < -0.39 is 0 Å². The molecule has 1 fully saturated rings. The number of halogens is 1. The molecule has 0 radical (unpaired) electrons. The van der Waals surface area contributed by atoms with Gasteiger partial charge in [0.05, 0.1) is 0 Å². The molecular formula is C16H24FN. The summed E-state index contributed by atoms with van der Waals surface area (Å²) >= 11 is 0. The topological polar surface area (TPSA) is 26.0 Å². The summed E-state index contributed by atoms with van der Waals surface area (Å²) in [4.78, 5) is 0. The molecule has 18 heavy (non-hydrogen) atoms. The van der Waals surface area contributed by atoms with Crippen LogP contribution in [0.4, 0.5) is 4.39 Å². The van der Waals surface area contributed by atoms with Gasteiger partial charge in [0.15, 0.2) is 0 Å². The van der Waals surface area contributed by atoms with Gasteiger partial charge in [-0.25, -0.2) is 4.39 Å². The van der Waals surface area contributed by atoms with E-state index in [1.807, 2.05) is 12.1 Å². The van der Waals surface area contributed by atoms with E-state index in [0.717, 1.165) is 17.9 Å². The fourth-order valence-corrected chi connectivity index (χ4v) is 3.06. The maximum atomic E-state index is 13.5. The second-order valence-electron chi connectivity index (χ2n) is 5.65. The van der Waals surface area contributed by atoms with Crippen LogP contribution in [-0.2, 0) is 6.42 Å². The van der Waals surface area contributed by atoms with Crippen LogP contribution in [0.15, 0.2) is 24.3 Å². The van der Waals surface area contributed by atoms with Gasteiger partial charge in [0, 0.05) is 6.04 Å². The van der Waals surface area contributed by atoms with Crippen molar-refractivity contribution in [3.8, 4) is 0 Å². The minimum absolute atomic E-state index is 0.102. The minimum Gasteiger partial charge on any atom is -0.327 e. The molecule has 1 nitrogen and oxygen atoms in total. The third-order valence-corrected chi connectivity index (χ3v) is 4.05. The molecule has 0 heterocycles. The van der Waals surface area contributed by atoms with Crippen molar-refractivity contribution in [1.29, 1.82) is 0 Å². The molecule has 1 atom stereocenters. The average molecular weight is 249 g/mol. The van der Waals surface area contributed by atoms with E-state index in [0.29, 0.717) is 6.42 Å². The van der Waals surface area contributed by atoms with E-state index in [4.69, 9.17) is 5.73 Å². The Kier molecular flexibility index (Phi) is 5.18. The zero-order chi connectivity index (χ0) is 12.8. The zero-order valence-corrected chi connectivity index (χ0v) is 11.1. The van der Waals surface area contributed by atoms with E-state index in [-0.39, 0.29) is 11.9 Å². The highest BCUT2D eigenvalue weighted by Gasteiger charge is 2.16. The first kappa shape index (κ1) is 13.5. The minimum atomic E-state index is -0.117.